The molecule has 180 valence electrons. The number of aliphatic hydroxyl groups excluding tert-OH is 1. The molecule has 1 aliphatic carbocycles. The molecule has 0 aromatic heterocycles. The van der Waals surface area contributed by atoms with Crippen molar-refractivity contribution in [2.45, 2.75) is 37.6 Å². The van der Waals surface area contributed by atoms with Gasteiger partial charge in [0.15, 0.2) is 0 Å². The Hall–Kier alpha value is -3.39. The minimum atomic E-state index is -1.04. The first-order valence-electron chi connectivity index (χ1n) is 11.7. The molecule has 34 heavy (non-hydrogen) atoms. The second-order valence-corrected chi connectivity index (χ2v) is 8.91. The van der Waals surface area contributed by atoms with Gasteiger partial charge in [-0.25, -0.2) is 4.79 Å². The van der Waals surface area contributed by atoms with Gasteiger partial charge in [-0.2, -0.15) is 0 Å². The lowest BCUT2D eigenvalue weighted by molar-refractivity contribution is -0.138. The highest BCUT2D eigenvalue weighted by molar-refractivity contribution is 5.86. The van der Waals surface area contributed by atoms with Gasteiger partial charge in [-0.15, -0.1) is 0 Å². The summed E-state index contributed by atoms with van der Waals surface area (Å²) in [5.41, 5.74) is 4.41. The summed E-state index contributed by atoms with van der Waals surface area (Å²) in [6, 6.07) is 15.0. The summed E-state index contributed by atoms with van der Waals surface area (Å²) in [6.07, 6.45) is 0.360. The highest BCUT2D eigenvalue weighted by Crippen LogP contribution is 2.44. The van der Waals surface area contributed by atoms with Crippen molar-refractivity contribution in [3.05, 3.63) is 59.7 Å². The molecule has 0 spiro atoms. The Bertz CT molecular complexity index is 1000. The van der Waals surface area contributed by atoms with Gasteiger partial charge in [0.2, 0.25) is 5.91 Å². The number of aliphatic carboxylic acids is 1. The van der Waals surface area contributed by atoms with Crippen LogP contribution >= 0.6 is 0 Å². The number of fused-ring (bicyclic) bond motifs is 3. The monoisotopic (exact) mass is 466 g/mol. The molecule has 1 unspecified atom stereocenters. The van der Waals surface area contributed by atoms with E-state index in [9.17, 15) is 19.5 Å². The van der Waals surface area contributed by atoms with E-state index in [2.05, 4.69) is 17.4 Å². The SMILES string of the molecule is O=C(O)CCC(NC(=O)OCC1c2ccccc2-c2ccccc21)C(=O)N1CCC(CO)CC1. The number of nitrogens with one attached hydrogen (secondary N) is 1. The van der Waals surface area contributed by atoms with Gasteiger partial charge in [0.25, 0.3) is 0 Å². The summed E-state index contributed by atoms with van der Waals surface area (Å²) in [6.45, 7) is 1.14. The minimum absolute atomic E-state index is 0.0156. The van der Waals surface area contributed by atoms with E-state index in [1.807, 2.05) is 36.4 Å². The lowest BCUT2D eigenvalue weighted by Gasteiger charge is -2.33. The van der Waals surface area contributed by atoms with Crippen LogP contribution < -0.4 is 5.32 Å². The number of aliphatic hydroxyl groups is 1. The number of carbonyl (C=O) groups is 3. The summed E-state index contributed by atoms with van der Waals surface area (Å²) in [5, 5.41) is 21.0. The van der Waals surface area contributed by atoms with E-state index >= 15 is 0 Å². The molecule has 0 bridgehead atoms. The van der Waals surface area contributed by atoms with Gasteiger partial charge < -0.3 is 25.2 Å². The zero-order chi connectivity index (χ0) is 24.1. The normalized spacial score (nSPS) is 16.4. The number of ether oxygens (including phenoxy) is 1. The zero-order valence-corrected chi connectivity index (χ0v) is 19.0. The number of piperidine rings is 1. The molecule has 1 atom stereocenters. The van der Waals surface area contributed by atoms with E-state index in [1.165, 1.54) is 0 Å². The summed E-state index contributed by atoms with van der Waals surface area (Å²) in [4.78, 5) is 38.4. The van der Waals surface area contributed by atoms with Crippen LogP contribution in [0.4, 0.5) is 4.79 Å². The first-order valence-corrected chi connectivity index (χ1v) is 11.7. The van der Waals surface area contributed by atoms with Gasteiger partial charge in [0.05, 0.1) is 0 Å². The number of nitrogens with zero attached hydrogens (tertiary/aromatic N) is 1. The van der Waals surface area contributed by atoms with E-state index in [4.69, 9.17) is 9.84 Å². The van der Waals surface area contributed by atoms with E-state index in [0.29, 0.717) is 25.9 Å². The fourth-order valence-corrected chi connectivity index (χ4v) is 4.86. The molecule has 2 aromatic rings. The van der Waals surface area contributed by atoms with E-state index in [-0.39, 0.29) is 43.8 Å². The van der Waals surface area contributed by atoms with Crippen LogP contribution in [0.3, 0.4) is 0 Å². The summed E-state index contributed by atoms with van der Waals surface area (Å²) >= 11 is 0. The number of likely N-dealkylation sites (tertiary alicyclic amines) is 1. The van der Waals surface area contributed by atoms with Crippen molar-refractivity contribution in [1.82, 2.24) is 10.2 Å². The molecule has 1 heterocycles. The second kappa shape index (κ2) is 10.7. The highest BCUT2D eigenvalue weighted by atomic mass is 16.5. The first-order chi connectivity index (χ1) is 16.5. The number of rotatable bonds is 8. The van der Waals surface area contributed by atoms with Crippen molar-refractivity contribution in [2.24, 2.45) is 5.92 Å². The van der Waals surface area contributed by atoms with Crippen LogP contribution in [-0.4, -0.2) is 65.4 Å². The molecule has 4 rings (SSSR count). The van der Waals surface area contributed by atoms with Crippen LogP contribution in [0.15, 0.2) is 48.5 Å². The number of amides is 2. The van der Waals surface area contributed by atoms with Crippen LogP contribution in [0.5, 0.6) is 0 Å². The number of carboxylic acids is 1. The molecule has 0 radical (unpaired) electrons. The summed E-state index contributed by atoms with van der Waals surface area (Å²) in [7, 11) is 0. The van der Waals surface area contributed by atoms with Gasteiger partial charge >= 0.3 is 12.1 Å². The molecule has 2 aliphatic rings. The summed E-state index contributed by atoms with van der Waals surface area (Å²) < 4.78 is 5.55. The van der Waals surface area contributed by atoms with Crippen LogP contribution in [0.2, 0.25) is 0 Å². The number of carboxylic acid groups (broad SMARTS) is 1. The highest BCUT2D eigenvalue weighted by Gasteiger charge is 2.32. The standard InChI is InChI=1S/C26H30N2O6/c29-15-17-11-13-28(14-12-17)25(32)23(9-10-24(30)31)27-26(33)34-16-22-20-7-3-1-5-18(20)19-6-2-4-8-21(19)22/h1-8,17,22-23,29H,9-16H2,(H,27,33)(H,30,31). The molecular formula is C26H30N2O6. The maximum atomic E-state index is 13.0. The Morgan fingerprint density at radius 1 is 1.00 bits per heavy atom. The van der Waals surface area contributed by atoms with Crippen LogP contribution in [0.25, 0.3) is 11.1 Å². The largest absolute Gasteiger partial charge is 0.481 e. The van der Waals surface area contributed by atoms with Gasteiger partial charge in [-0.05, 0) is 47.4 Å². The van der Waals surface area contributed by atoms with Gasteiger partial charge in [0.1, 0.15) is 12.6 Å². The number of carbonyl (C=O) groups excluding carboxylic acids is 2. The first kappa shape index (κ1) is 23.8. The molecule has 3 N–H and O–H groups in total. The van der Waals surface area contributed by atoms with E-state index in [0.717, 1.165) is 22.3 Å². The molecular weight excluding hydrogens is 436 g/mol. The van der Waals surface area contributed by atoms with Gasteiger partial charge in [0, 0.05) is 32.0 Å². The number of hydrogen-bond acceptors (Lipinski definition) is 5. The maximum Gasteiger partial charge on any atom is 0.407 e. The molecule has 1 aliphatic heterocycles. The molecule has 2 aromatic carbocycles. The molecule has 8 heteroatoms. The van der Waals surface area contributed by atoms with Crippen molar-refractivity contribution in [3.8, 4) is 11.1 Å². The molecule has 0 saturated carbocycles. The Kier molecular flexibility index (Phi) is 7.47. The van der Waals surface area contributed by atoms with Crippen molar-refractivity contribution in [2.75, 3.05) is 26.3 Å². The Balaban J connectivity index is 1.40. The number of benzene rings is 2. The molecule has 1 fully saturated rings. The molecule has 2 amide bonds. The maximum absolute atomic E-state index is 13.0. The average Bonchev–Trinajstić information content (AvgIpc) is 3.18. The minimum Gasteiger partial charge on any atom is -0.481 e. The van der Waals surface area contributed by atoms with Crippen LogP contribution in [-0.2, 0) is 14.3 Å². The second-order valence-electron chi connectivity index (χ2n) is 8.91. The lowest BCUT2D eigenvalue weighted by atomic mass is 9.97. The fourth-order valence-electron chi connectivity index (χ4n) is 4.86. The Labute approximate surface area is 198 Å². The van der Waals surface area contributed by atoms with Gasteiger partial charge in [-0.1, -0.05) is 48.5 Å². The molecule has 1 saturated heterocycles. The predicted molar refractivity (Wildman–Crippen MR) is 125 cm³/mol. The Morgan fingerprint density at radius 2 is 1.59 bits per heavy atom. The van der Waals surface area contributed by atoms with Crippen molar-refractivity contribution >= 4 is 18.0 Å². The third-order valence-electron chi connectivity index (χ3n) is 6.77. The number of alkyl carbamates (subject to hydrolysis) is 1. The smallest absolute Gasteiger partial charge is 0.407 e. The van der Waals surface area contributed by atoms with Crippen LogP contribution in [0.1, 0.15) is 42.7 Å². The predicted octanol–water partition coefficient (Wildman–Crippen LogP) is 2.99. The van der Waals surface area contributed by atoms with E-state index < -0.39 is 18.1 Å². The third-order valence-corrected chi connectivity index (χ3v) is 6.77. The van der Waals surface area contributed by atoms with Crippen molar-refractivity contribution in [1.29, 1.82) is 0 Å². The topological polar surface area (TPSA) is 116 Å². The third kappa shape index (κ3) is 5.22. The van der Waals surface area contributed by atoms with E-state index in [1.54, 1.807) is 4.90 Å². The lowest BCUT2D eigenvalue weighted by Crippen LogP contribution is -2.51. The van der Waals surface area contributed by atoms with Gasteiger partial charge in [-0.3, -0.25) is 9.59 Å². The summed E-state index contributed by atoms with van der Waals surface area (Å²) in [5.74, 6) is -1.29. The van der Waals surface area contributed by atoms with Crippen LogP contribution in [0, 0.1) is 5.92 Å². The fraction of sp³-hybridized carbons (Fsp3) is 0.423. The molecule has 8 nitrogen and oxygen atoms in total. The quantitative estimate of drug-likeness (QED) is 0.551. The number of hydrogen-bond donors (Lipinski definition) is 3. The Morgan fingerprint density at radius 3 is 2.15 bits per heavy atom. The van der Waals surface area contributed by atoms with Crippen molar-refractivity contribution < 1.29 is 29.3 Å². The zero-order valence-electron chi connectivity index (χ0n) is 19.0. The average molecular weight is 467 g/mol. The van der Waals surface area contributed by atoms with Crippen molar-refractivity contribution in [3.63, 3.8) is 0 Å².